The Morgan fingerprint density at radius 1 is 1.44 bits per heavy atom. The number of rotatable bonds is 1. The van der Waals surface area contributed by atoms with Gasteiger partial charge in [0.2, 0.25) is 0 Å². The molecule has 2 N–H and O–H groups in total. The second-order valence-corrected chi connectivity index (χ2v) is 2.01. The number of hydrogen-bond donors (Lipinski definition) is 2. The molecule has 0 aliphatic carbocycles. The maximum Gasteiger partial charge on any atom is 0.269 e. The van der Waals surface area contributed by atoms with Gasteiger partial charge in [0.25, 0.3) is 6.48 Å². The Kier molecular flexibility index (Phi) is 2.02. The quantitative estimate of drug-likeness (QED) is 0.486. The lowest BCUT2D eigenvalue weighted by Gasteiger charge is -2.06. The van der Waals surface area contributed by atoms with Gasteiger partial charge in [-0.25, -0.2) is 0 Å². The van der Waals surface area contributed by atoms with Crippen molar-refractivity contribution in [2.45, 2.75) is 25.6 Å². The van der Waals surface area contributed by atoms with Crippen molar-refractivity contribution < 1.29 is 19.7 Å². The standard InChI is InChI=1S/C5H10O4/c1-3-4(2-6)9-5(7)8-3/h3-7H,2H2,1H3. The Hall–Kier alpha value is -0.160. The molecule has 0 amide bonds. The highest BCUT2D eigenvalue weighted by molar-refractivity contribution is 4.68. The van der Waals surface area contributed by atoms with Crippen molar-refractivity contribution in [3.05, 3.63) is 0 Å². The largest absolute Gasteiger partial charge is 0.394 e. The number of aliphatic hydroxyl groups excluding tert-OH is 2. The Morgan fingerprint density at radius 3 is 2.33 bits per heavy atom. The summed E-state index contributed by atoms with van der Waals surface area (Å²) in [6.07, 6.45) is -0.593. The van der Waals surface area contributed by atoms with Gasteiger partial charge in [-0.1, -0.05) is 0 Å². The molecular formula is C5H10O4. The highest BCUT2D eigenvalue weighted by atomic mass is 16.8. The Morgan fingerprint density at radius 2 is 2.11 bits per heavy atom. The Labute approximate surface area is 53.0 Å². The van der Waals surface area contributed by atoms with E-state index in [-0.39, 0.29) is 18.8 Å². The smallest absolute Gasteiger partial charge is 0.269 e. The monoisotopic (exact) mass is 134 g/mol. The summed E-state index contributed by atoms with van der Waals surface area (Å²) in [5, 5.41) is 17.2. The van der Waals surface area contributed by atoms with E-state index in [0.717, 1.165) is 0 Å². The van der Waals surface area contributed by atoms with E-state index in [1.54, 1.807) is 6.92 Å². The molecule has 0 aromatic rings. The van der Waals surface area contributed by atoms with Crippen LogP contribution in [0.15, 0.2) is 0 Å². The normalized spacial score (nSPS) is 43.7. The summed E-state index contributed by atoms with van der Waals surface area (Å²) in [6, 6.07) is 0. The predicted octanol–water partition coefficient (Wildman–Crippen LogP) is -0.942. The first-order chi connectivity index (χ1) is 4.24. The first-order valence-corrected chi connectivity index (χ1v) is 2.84. The molecule has 1 heterocycles. The van der Waals surface area contributed by atoms with Crippen LogP contribution in [0.4, 0.5) is 0 Å². The van der Waals surface area contributed by atoms with Crippen molar-refractivity contribution in [3.8, 4) is 0 Å². The second-order valence-electron chi connectivity index (χ2n) is 2.01. The maximum atomic E-state index is 8.65. The van der Waals surface area contributed by atoms with Crippen molar-refractivity contribution in [2.24, 2.45) is 0 Å². The predicted molar refractivity (Wildman–Crippen MR) is 28.5 cm³/mol. The molecule has 3 atom stereocenters. The maximum absolute atomic E-state index is 8.65. The molecule has 0 aromatic carbocycles. The lowest BCUT2D eigenvalue weighted by atomic mass is 10.2. The molecule has 0 aromatic heterocycles. The van der Waals surface area contributed by atoms with E-state index in [0.29, 0.717) is 0 Å². The van der Waals surface area contributed by atoms with Crippen LogP contribution < -0.4 is 0 Å². The molecule has 54 valence electrons. The molecule has 3 unspecified atom stereocenters. The van der Waals surface area contributed by atoms with E-state index in [1.165, 1.54) is 0 Å². The third-order valence-electron chi connectivity index (χ3n) is 1.33. The zero-order valence-corrected chi connectivity index (χ0v) is 5.15. The van der Waals surface area contributed by atoms with E-state index in [1.807, 2.05) is 0 Å². The van der Waals surface area contributed by atoms with Crippen LogP contribution in [0.5, 0.6) is 0 Å². The minimum Gasteiger partial charge on any atom is -0.394 e. The van der Waals surface area contributed by atoms with Crippen LogP contribution in [-0.2, 0) is 9.47 Å². The zero-order chi connectivity index (χ0) is 6.85. The van der Waals surface area contributed by atoms with Gasteiger partial charge >= 0.3 is 0 Å². The molecule has 0 radical (unpaired) electrons. The molecule has 1 fully saturated rings. The van der Waals surface area contributed by atoms with Gasteiger partial charge in [0, 0.05) is 0 Å². The number of ether oxygens (including phenoxy) is 2. The lowest BCUT2D eigenvalue weighted by molar-refractivity contribution is -0.211. The van der Waals surface area contributed by atoms with Gasteiger partial charge in [0.1, 0.15) is 6.10 Å². The van der Waals surface area contributed by atoms with Crippen LogP contribution in [-0.4, -0.2) is 35.5 Å². The first-order valence-electron chi connectivity index (χ1n) is 2.84. The van der Waals surface area contributed by atoms with Gasteiger partial charge in [-0.3, -0.25) is 0 Å². The topological polar surface area (TPSA) is 58.9 Å². The van der Waals surface area contributed by atoms with Gasteiger partial charge in [0.15, 0.2) is 0 Å². The van der Waals surface area contributed by atoms with Gasteiger partial charge in [-0.2, -0.15) is 0 Å². The average Bonchev–Trinajstić information content (AvgIpc) is 2.10. The van der Waals surface area contributed by atoms with Crippen molar-refractivity contribution >= 4 is 0 Å². The van der Waals surface area contributed by atoms with Crippen molar-refractivity contribution in [1.82, 2.24) is 0 Å². The molecule has 1 rings (SSSR count). The third-order valence-corrected chi connectivity index (χ3v) is 1.33. The van der Waals surface area contributed by atoms with E-state index >= 15 is 0 Å². The van der Waals surface area contributed by atoms with Gasteiger partial charge in [0.05, 0.1) is 12.7 Å². The van der Waals surface area contributed by atoms with Gasteiger partial charge < -0.3 is 19.7 Å². The first kappa shape index (κ1) is 6.95. The highest BCUT2D eigenvalue weighted by Gasteiger charge is 2.30. The Balaban J connectivity index is 2.38. The van der Waals surface area contributed by atoms with Crippen molar-refractivity contribution in [2.75, 3.05) is 6.61 Å². The molecule has 9 heavy (non-hydrogen) atoms. The fraction of sp³-hybridized carbons (Fsp3) is 1.00. The molecule has 0 spiro atoms. The van der Waals surface area contributed by atoms with E-state index in [2.05, 4.69) is 0 Å². The molecular weight excluding hydrogens is 124 g/mol. The number of hydrogen-bond acceptors (Lipinski definition) is 4. The fourth-order valence-electron chi connectivity index (χ4n) is 0.755. The minimum absolute atomic E-state index is 0.113. The molecule has 1 saturated heterocycles. The average molecular weight is 134 g/mol. The van der Waals surface area contributed by atoms with Gasteiger partial charge in [-0.15, -0.1) is 0 Å². The van der Waals surface area contributed by atoms with Crippen LogP contribution >= 0.6 is 0 Å². The Bertz CT molecular complexity index is 95.0. The summed E-state index contributed by atoms with van der Waals surface area (Å²) < 4.78 is 9.44. The van der Waals surface area contributed by atoms with E-state index in [4.69, 9.17) is 19.7 Å². The van der Waals surface area contributed by atoms with Gasteiger partial charge in [-0.05, 0) is 6.92 Å². The van der Waals surface area contributed by atoms with Crippen LogP contribution in [0.2, 0.25) is 0 Å². The van der Waals surface area contributed by atoms with Crippen LogP contribution in [0.25, 0.3) is 0 Å². The van der Waals surface area contributed by atoms with E-state index < -0.39 is 6.48 Å². The minimum atomic E-state index is -1.16. The molecule has 4 heteroatoms. The second kappa shape index (κ2) is 2.62. The lowest BCUT2D eigenvalue weighted by Crippen LogP contribution is -2.22. The van der Waals surface area contributed by atoms with Crippen molar-refractivity contribution in [3.63, 3.8) is 0 Å². The summed E-state index contributed by atoms with van der Waals surface area (Å²) in [7, 11) is 0. The molecule has 1 aliphatic rings. The summed E-state index contributed by atoms with van der Waals surface area (Å²) in [6.45, 7) is 0.465. The summed E-state index contributed by atoms with van der Waals surface area (Å²) in [5.41, 5.74) is 0. The van der Waals surface area contributed by atoms with Crippen molar-refractivity contribution in [1.29, 1.82) is 0 Å². The summed E-state index contributed by atoms with van der Waals surface area (Å²) in [4.78, 5) is 0. The van der Waals surface area contributed by atoms with Crippen LogP contribution in [0.1, 0.15) is 6.92 Å². The van der Waals surface area contributed by atoms with Crippen LogP contribution in [0.3, 0.4) is 0 Å². The van der Waals surface area contributed by atoms with Crippen LogP contribution in [0, 0.1) is 0 Å². The molecule has 0 bridgehead atoms. The third kappa shape index (κ3) is 1.40. The highest BCUT2D eigenvalue weighted by Crippen LogP contribution is 2.15. The summed E-state index contributed by atoms with van der Waals surface area (Å²) >= 11 is 0. The van der Waals surface area contributed by atoms with E-state index in [9.17, 15) is 0 Å². The summed E-state index contributed by atoms with van der Waals surface area (Å²) in [5.74, 6) is 0. The fourth-order valence-corrected chi connectivity index (χ4v) is 0.755. The molecule has 1 aliphatic heterocycles. The molecule has 0 saturated carbocycles. The SMILES string of the molecule is CC1OC(O)OC1CO. The number of aliphatic hydroxyl groups is 2. The molecule has 4 nitrogen and oxygen atoms in total. The zero-order valence-electron chi connectivity index (χ0n) is 5.15.